The van der Waals surface area contributed by atoms with Gasteiger partial charge in [0.2, 0.25) is 5.91 Å². The number of ether oxygens (including phenoxy) is 1. The van der Waals surface area contributed by atoms with Crippen LogP contribution in [0.4, 0.5) is 0 Å². The topological polar surface area (TPSA) is 91.4 Å². The number of hydrogen-bond acceptors (Lipinski definition) is 4. The van der Waals surface area contributed by atoms with Crippen LogP contribution in [-0.4, -0.2) is 29.1 Å². The van der Waals surface area contributed by atoms with Gasteiger partial charge in [0.1, 0.15) is 11.5 Å². The maximum atomic E-state index is 12.2. The van der Waals surface area contributed by atoms with Crippen LogP contribution in [0.3, 0.4) is 0 Å². The third kappa shape index (κ3) is 3.58. The van der Waals surface area contributed by atoms with E-state index < -0.39 is 0 Å². The predicted molar refractivity (Wildman–Crippen MR) is 107 cm³/mol. The summed E-state index contributed by atoms with van der Waals surface area (Å²) in [7, 11) is 0. The molecule has 3 aromatic rings. The van der Waals surface area contributed by atoms with E-state index in [1.807, 2.05) is 30.3 Å². The number of aromatic amines is 1. The summed E-state index contributed by atoms with van der Waals surface area (Å²) in [5.74, 6) is 0.809. The molecule has 6 nitrogen and oxygen atoms in total. The fraction of sp³-hybridized carbons (Fsp3) is 0.273. The first-order chi connectivity index (χ1) is 13.6. The van der Waals surface area contributed by atoms with Crippen LogP contribution in [0.15, 0.2) is 53.5 Å². The first kappa shape index (κ1) is 18.1. The Morgan fingerprint density at radius 3 is 2.86 bits per heavy atom. The molecule has 1 aliphatic rings. The molecule has 1 aromatic heterocycles. The first-order valence-electron chi connectivity index (χ1n) is 9.44. The molecule has 2 heterocycles. The first-order valence-corrected chi connectivity index (χ1v) is 9.44. The van der Waals surface area contributed by atoms with Gasteiger partial charge in [-0.25, -0.2) is 0 Å². The van der Waals surface area contributed by atoms with Gasteiger partial charge < -0.3 is 20.1 Å². The Balaban J connectivity index is 1.50. The van der Waals surface area contributed by atoms with Gasteiger partial charge in [-0.3, -0.25) is 9.59 Å². The Morgan fingerprint density at radius 1 is 1.21 bits per heavy atom. The van der Waals surface area contributed by atoms with Crippen molar-refractivity contribution >= 4 is 16.7 Å². The maximum Gasteiger partial charge on any atom is 0.256 e. The third-order valence-corrected chi connectivity index (χ3v) is 5.20. The fourth-order valence-electron chi connectivity index (χ4n) is 3.85. The van der Waals surface area contributed by atoms with Crippen LogP contribution in [0.5, 0.6) is 11.5 Å². The van der Waals surface area contributed by atoms with Crippen LogP contribution in [-0.2, 0) is 11.2 Å². The van der Waals surface area contributed by atoms with Gasteiger partial charge in [-0.1, -0.05) is 30.3 Å². The van der Waals surface area contributed by atoms with Gasteiger partial charge in [0.15, 0.2) is 0 Å². The zero-order valence-corrected chi connectivity index (χ0v) is 15.4. The molecule has 0 fully saturated rings. The second-order valence-corrected chi connectivity index (χ2v) is 7.04. The van der Waals surface area contributed by atoms with Gasteiger partial charge in [-0.2, -0.15) is 0 Å². The lowest BCUT2D eigenvalue weighted by Crippen LogP contribution is -2.28. The highest BCUT2D eigenvalue weighted by atomic mass is 16.5. The van der Waals surface area contributed by atoms with Crippen molar-refractivity contribution in [3.8, 4) is 11.5 Å². The molecule has 1 amide bonds. The monoisotopic (exact) mass is 378 g/mol. The number of amides is 1. The molecule has 3 N–H and O–H groups in total. The highest BCUT2D eigenvalue weighted by Gasteiger charge is 2.26. The summed E-state index contributed by atoms with van der Waals surface area (Å²) < 4.78 is 5.75. The van der Waals surface area contributed by atoms with Crippen LogP contribution in [0, 0.1) is 0 Å². The number of fused-ring (bicyclic) bond motifs is 3. The van der Waals surface area contributed by atoms with E-state index in [0.29, 0.717) is 42.5 Å². The summed E-state index contributed by atoms with van der Waals surface area (Å²) in [5.41, 5.74) is 1.59. The molecular weight excluding hydrogens is 356 g/mol. The molecule has 6 heteroatoms. The molecule has 0 saturated heterocycles. The van der Waals surface area contributed by atoms with E-state index in [4.69, 9.17) is 4.74 Å². The lowest BCUT2D eigenvalue weighted by molar-refractivity contribution is -0.120. The minimum absolute atomic E-state index is 0.0179. The van der Waals surface area contributed by atoms with Gasteiger partial charge in [-0.15, -0.1) is 0 Å². The van der Waals surface area contributed by atoms with Crippen molar-refractivity contribution in [2.45, 2.75) is 25.2 Å². The Labute approximate surface area is 162 Å². The molecule has 0 bridgehead atoms. The summed E-state index contributed by atoms with van der Waals surface area (Å²) in [4.78, 5) is 26.9. The average Bonchev–Trinajstić information content (AvgIpc) is 2.71. The maximum absolute atomic E-state index is 12.2. The number of aromatic nitrogens is 1. The lowest BCUT2D eigenvalue weighted by Gasteiger charge is -2.27. The van der Waals surface area contributed by atoms with E-state index in [2.05, 4.69) is 10.3 Å². The van der Waals surface area contributed by atoms with E-state index >= 15 is 0 Å². The largest absolute Gasteiger partial charge is 0.506 e. The molecule has 0 aliphatic carbocycles. The molecule has 28 heavy (non-hydrogen) atoms. The standard InChI is InChI=1S/C22H22N2O4/c25-17-13-24-22(27)16-6-7-18-20(21(16)17)15(9-11-28-18)8-10-23-19(26)12-14-4-2-1-3-5-14/h1-7,13,15,25H,8-12H2,(H,23,26)(H,24,27). The highest BCUT2D eigenvalue weighted by Crippen LogP contribution is 2.42. The zero-order chi connectivity index (χ0) is 19.5. The van der Waals surface area contributed by atoms with Crippen molar-refractivity contribution in [2.24, 2.45) is 0 Å². The molecule has 144 valence electrons. The molecule has 0 spiro atoms. The number of H-pyrrole nitrogens is 1. The number of pyridine rings is 1. The van der Waals surface area contributed by atoms with Crippen LogP contribution in [0.25, 0.3) is 10.8 Å². The number of hydrogen-bond donors (Lipinski definition) is 3. The van der Waals surface area contributed by atoms with Crippen molar-refractivity contribution in [3.05, 3.63) is 70.1 Å². The Kier molecular flexibility index (Phi) is 5.02. The minimum atomic E-state index is -0.240. The molecule has 1 unspecified atom stereocenters. The zero-order valence-electron chi connectivity index (χ0n) is 15.4. The van der Waals surface area contributed by atoms with Crippen molar-refractivity contribution in [2.75, 3.05) is 13.2 Å². The minimum Gasteiger partial charge on any atom is -0.506 e. The van der Waals surface area contributed by atoms with Gasteiger partial charge in [0.25, 0.3) is 5.56 Å². The van der Waals surface area contributed by atoms with Crippen LogP contribution >= 0.6 is 0 Å². The van der Waals surface area contributed by atoms with E-state index in [-0.39, 0.29) is 23.1 Å². The molecule has 1 aliphatic heterocycles. The summed E-state index contributed by atoms with van der Waals surface area (Å²) in [6, 6.07) is 13.1. The summed E-state index contributed by atoms with van der Waals surface area (Å²) in [5, 5.41) is 14.3. The molecule has 4 rings (SSSR count). The van der Waals surface area contributed by atoms with Crippen molar-refractivity contribution < 1.29 is 14.6 Å². The molecule has 0 radical (unpaired) electrons. The highest BCUT2D eigenvalue weighted by molar-refractivity contribution is 5.92. The van der Waals surface area contributed by atoms with Crippen molar-refractivity contribution in [1.82, 2.24) is 10.3 Å². The number of aromatic hydroxyl groups is 1. The SMILES string of the molecule is O=C(Cc1ccccc1)NCCC1CCOc2ccc3c(=O)[nH]cc(O)c3c21. The van der Waals surface area contributed by atoms with E-state index in [0.717, 1.165) is 17.5 Å². The van der Waals surface area contributed by atoms with Crippen LogP contribution in [0.2, 0.25) is 0 Å². The molecular formula is C22H22N2O4. The number of carbonyl (C=O) groups is 1. The Bertz CT molecular complexity index is 1060. The van der Waals surface area contributed by atoms with Crippen molar-refractivity contribution in [1.29, 1.82) is 0 Å². The summed E-state index contributed by atoms with van der Waals surface area (Å²) in [6.45, 7) is 1.10. The van der Waals surface area contributed by atoms with Gasteiger partial charge in [0.05, 0.1) is 18.4 Å². The molecule has 1 atom stereocenters. The number of nitrogens with one attached hydrogen (secondary N) is 2. The Hall–Kier alpha value is -3.28. The average molecular weight is 378 g/mol. The lowest BCUT2D eigenvalue weighted by atomic mass is 9.86. The van der Waals surface area contributed by atoms with Gasteiger partial charge in [-0.05, 0) is 36.5 Å². The summed E-state index contributed by atoms with van der Waals surface area (Å²) in [6.07, 6.45) is 3.15. The van der Waals surface area contributed by atoms with Gasteiger partial charge in [0, 0.05) is 23.7 Å². The third-order valence-electron chi connectivity index (χ3n) is 5.20. The smallest absolute Gasteiger partial charge is 0.256 e. The summed E-state index contributed by atoms with van der Waals surface area (Å²) >= 11 is 0. The fourth-order valence-corrected chi connectivity index (χ4v) is 3.85. The normalized spacial score (nSPS) is 15.6. The predicted octanol–water partition coefficient (Wildman–Crippen LogP) is 2.85. The second-order valence-electron chi connectivity index (χ2n) is 7.04. The molecule has 0 saturated carbocycles. The van der Waals surface area contributed by atoms with Crippen LogP contribution in [0.1, 0.15) is 29.9 Å². The second kappa shape index (κ2) is 7.76. The quantitative estimate of drug-likeness (QED) is 0.637. The van der Waals surface area contributed by atoms with Gasteiger partial charge >= 0.3 is 0 Å². The van der Waals surface area contributed by atoms with E-state index in [1.54, 1.807) is 12.1 Å². The van der Waals surface area contributed by atoms with E-state index in [1.165, 1.54) is 6.20 Å². The number of benzene rings is 2. The molecule has 2 aromatic carbocycles. The van der Waals surface area contributed by atoms with E-state index in [9.17, 15) is 14.7 Å². The Morgan fingerprint density at radius 2 is 2.04 bits per heavy atom. The number of rotatable bonds is 5. The number of carbonyl (C=O) groups excluding carboxylic acids is 1. The van der Waals surface area contributed by atoms with Crippen LogP contribution < -0.4 is 15.6 Å². The van der Waals surface area contributed by atoms with Crippen molar-refractivity contribution in [3.63, 3.8) is 0 Å².